The predicted octanol–water partition coefficient (Wildman–Crippen LogP) is 1.28. The molecule has 0 aliphatic carbocycles. The molecule has 0 aliphatic rings. The number of aromatic nitrogens is 2. The minimum atomic E-state index is -0.411. The molecule has 2 aromatic heterocycles. The van der Waals surface area contributed by atoms with Crippen LogP contribution < -0.4 is 4.74 Å². The average Bonchev–Trinajstić information content (AvgIpc) is 2.80. The van der Waals surface area contributed by atoms with Gasteiger partial charge in [-0.1, -0.05) is 0 Å². The second kappa shape index (κ2) is 5.05. The number of methoxy groups -OCH3 is 3. The Balaban J connectivity index is 2.63. The van der Waals surface area contributed by atoms with Crippen LogP contribution >= 0.6 is 0 Å². The highest BCUT2D eigenvalue weighted by atomic mass is 16.5. The molecule has 0 aromatic carbocycles. The third-order valence-electron chi connectivity index (χ3n) is 2.54. The lowest BCUT2D eigenvalue weighted by Crippen LogP contribution is -2.05. The van der Waals surface area contributed by atoms with Crippen LogP contribution in [0.5, 0.6) is 5.88 Å². The van der Waals surface area contributed by atoms with E-state index in [-0.39, 0.29) is 0 Å². The van der Waals surface area contributed by atoms with Crippen LogP contribution in [0.1, 0.15) is 16.1 Å². The number of pyridine rings is 1. The third kappa shape index (κ3) is 2.02. The number of hydrogen-bond acceptors (Lipinski definition) is 5. The van der Waals surface area contributed by atoms with E-state index in [1.165, 1.54) is 7.11 Å². The molecular formula is C12H14N2O4. The minimum Gasteiger partial charge on any atom is -0.481 e. The Labute approximate surface area is 104 Å². The lowest BCUT2D eigenvalue weighted by atomic mass is 10.2. The summed E-state index contributed by atoms with van der Waals surface area (Å²) < 4.78 is 16.5. The van der Waals surface area contributed by atoms with Crippen LogP contribution in [0.2, 0.25) is 0 Å². The van der Waals surface area contributed by atoms with Gasteiger partial charge in [0.15, 0.2) is 0 Å². The van der Waals surface area contributed by atoms with Gasteiger partial charge < -0.3 is 14.2 Å². The van der Waals surface area contributed by atoms with Crippen LogP contribution in [0.4, 0.5) is 0 Å². The monoisotopic (exact) mass is 250 g/mol. The van der Waals surface area contributed by atoms with Crippen molar-refractivity contribution in [2.45, 2.75) is 6.61 Å². The molecule has 18 heavy (non-hydrogen) atoms. The summed E-state index contributed by atoms with van der Waals surface area (Å²) in [7, 11) is 4.47. The number of carbonyl (C=O) groups is 1. The fourth-order valence-corrected chi connectivity index (χ4v) is 1.76. The molecule has 0 N–H and O–H groups in total. The number of carbonyl (C=O) groups excluding carboxylic acids is 1. The molecule has 2 aromatic rings. The highest BCUT2D eigenvalue weighted by Crippen LogP contribution is 2.21. The summed E-state index contributed by atoms with van der Waals surface area (Å²) in [6.45, 7) is 0.367. The largest absolute Gasteiger partial charge is 0.481 e. The lowest BCUT2D eigenvalue weighted by Gasteiger charge is -2.06. The summed E-state index contributed by atoms with van der Waals surface area (Å²) in [5.41, 5.74) is 1.79. The number of fused-ring (bicyclic) bond motifs is 1. The maximum absolute atomic E-state index is 11.7. The number of ether oxygens (including phenoxy) is 3. The van der Waals surface area contributed by atoms with Gasteiger partial charge in [0.2, 0.25) is 5.88 Å². The first-order valence-corrected chi connectivity index (χ1v) is 5.34. The van der Waals surface area contributed by atoms with Crippen molar-refractivity contribution >= 4 is 11.5 Å². The number of esters is 1. The fourth-order valence-electron chi connectivity index (χ4n) is 1.76. The number of nitrogens with zero attached hydrogens (tertiary/aromatic N) is 2. The van der Waals surface area contributed by atoms with Gasteiger partial charge >= 0.3 is 5.97 Å². The van der Waals surface area contributed by atoms with Crippen molar-refractivity contribution < 1.29 is 19.0 Å². The molecule has 0 saturated heterocycles. The first kappa shape index (κ1) is 12.4. The summed E-state index contributed by atoms with van der Waals surface area (Å²) in [6.07, 6.45) is 0. The van der Waals surface area contributed by atoms with Crippen molar-refractivity contribution in [2.24, 2.45) is 0 Å². The molecule has 6 heteroatoms. The Morgan fingerprint density at radius 2 is 2.11 bits per heavy atom. The van der Waals surface area contributed by atoms with Gasteiger partial charge in [-0.25, -0.2) is 4.79 Å². The Hall–Kier alpha value is -2.08. The van der Waals surface area contributed by atoms with Crippen LogP contribution in [0.15, 0.2) is 18.2 Å². The smallest absolute Gasteiger partial charge is 0.340 e. The molecule has 2 rings (SSSR count). The first-order chi connectivity index (χ1) is 8.71. The Morgan fingerprint density at radius 3 is 2.72 bits per heavy atom. The van der Waals surface area contributed by atoms with E-state index >= 15 is 0 Å². The highest BCUT2D eigenvalue weighted by Gasteiger charge is 2.15. The van der Waals surface area contributed by atoms with Gasteiger partial charge in [-0.05, 0) is 12.1 Å². The first-order valence-electron chi connectivity index (χ1n) is 5.34. The Kier molecular flexibility index (Phi) is 3.47. The standard InChI is InChI=1S/C12H14N2O4/c1-16-7-8-6-10-9(12(15)18-3)4-5-11(17-2)14(10)13-8/h4-6H,7H2,1-3H3. The van der Waals surface area contributed by atoms with Crippen LogP contribution in [0.3, 0.4) is 0 Å². The molecule has 96 valence electrons. The molecule has 0 saturated carbocycles. The molecule has 0 amide bonds. The van der Waals surface area contributed by atoms with Crippen LogP contribution in [0, 0.1) is 0 Å². The zero-order valence-corrected chi connectivity index (χ0v) is 10.5. The van der Waals surface area contributed by atoms with E-state index in [0.717, 1.165) is 0 Å². The van der Waals surface area contributed by atoms with Gasteiger partial charge in [0.1, 0.15) is 0 Å². The predicted molar refractivity (Wildman–Crippen MR) is 63.8 cm³/mol. The minimum absolute atomic E-state index is 0.367. The summed E-state index contributed by atoms with van der Waals surface area (Å²) in [6, 6.07) is 5.10. The molecule has 2 heterocycles. The number of rotatable bonds is 4. The van der Waals surface area contributed by atoms with E-state index in [4.69, 9.17) is 14.2 Å². The molecule has 0 unspecified atom stereocenters. The van der Waals surface area contributed by atoms with Crippen LogP contribution in [-0.2, 0) is 16.1 Å². The van der Waals surface area contributed by atoms with Gasteiger partial charge in [0.05, 0.1) is 37.6 Å². The van der Waals surface area contributed by atoms with Crippen molar-refractivity contribution in [2.75, 3.05) is 21.3 Å². The van der Waals surface area contributed by atoms with Gasteiger partial charge in [-0.3, -0.25) is 0 Å². The molecule has 0 atom stereocenters. The van der Waals surface area contributed by atoms with E-state index in [1.807, 2.05) is 0 Å². The van der Waals surface area contributed by atoms with Crippen molar-refractivity contribution in [3.8, 4) is 5.88 Å². The molecule has 0 aliphatic heterocycles. The van der Waals surface area contributed by atoms with Crippen molar-refractivity contribution in [3.05, 3.63) is 29.5 Å². The summed E-state index contributed by atoms with van der Waals surface area (Å²) >= 11 is 0. The van der Waals surface area contributed by atoms with Crippen molar-refractivity contribution in [1.29, 1.82) is 0 Å². The molecule has 0 radical (unpaired) electrons. The second-order valence-electron chi connectivity index (χ2n) is 3.65. The Morgan fingerprint density at radius 1 is 1.33 bits per heavy atom. The zero-order chi connectivity index (χ0) is 13.1. The lowest BCUT2D eigenvalue weighted by molar-refractivity contribution is 0.0602. The SMILES string of the molecule is COCc1cc2c(C(=O)OC)ccc(OC)n2n1. The Bertz CT molecular complexity index is 577. The van der Waals surface area contributed by atoms with Gasteiger partial charge in [0, 0.05) is 13.2 Å². The van der Waals surface area contributed by atoms with Crippen LogP contribution in [0.25, 0.3) is 5.52 Å². The van der Waals surface area contributed by atoms with Crippen LogP contribution in [-0.4, -0.2) is 36.9 Å². The summed E-state index contributed by atoms with van der Waals surface area (Å²) in [4.78, 5) is 11.7. The maximum atomic E-state index is 11.7. The molecule has 0 bridgehead atoms. The zero-order valence-electron chi connectivity index (χ0n) is 10.5. The molecule has 0 spiro atoms. The average molecular weight is 250 g/mol. The molecule has 0 fully saturated rings. The summed E-state index contributed by atoms with van der Waals surface area (Å²) in [5.74, 6) is 0.131. The van der Waals surface area contributed by atoms with Gasteiger partial charge in [0.25, 0.3) is 0 Å². The van der Waals surface area contributed by atoms with E-state index in [9.17, 15) is 4.79 Å². The maximum Gasteiger partial charge on any atom is 0.340 e. The summed E-state index contributed by atoms with van der Waals surface area (Å²) in [5, 5.41) is 4.31. The fraction of sp³-hybridized carbons (Fsp3) is 0.333. The third-order valence-corrected chi connectivity index (χ3v) is 2.54. The van der Waals surface area contributed by atoms with E-state index in [0.29, 0.717) is 29.3 Å². The number of hydrogen-bond donors (Lipinski definition) is 0. The van der Waals surface area contributed by atoms with Gasteiger partial charge in [-0.15, -0.1) is 0 Å². The highest BCUT2D eigenvalue weighted by molar-refractivity contribution is 5.97. The quantitative estimate of drug-likeness (QED) is 0.765. The van der Waals surface area contributed by atoms with E-state index in [1.54, 1.807) is 36.9 Å². The molecule has 6 nitrogen and oxygen atoms in total. The topological polar surface area (TPSA) is 62.1 Å². The van der Waals surface area contributed by atoms with E-state index < -0.39 is 5.97 Å². The normalized spacial score (nSPS) is 10.6. The van der Waals surface area contributed by atoms with Crippen molar-refractivity contribution in [3.63, 3.8) is 0 Å². The van der Waals surface area contributed by atoms with Gasteiger partial charge in [-0.2, -0.15) is 9.61 Å². The second-order valence-corrected chi connectivity index (χ2v) is 3.65. The van der Waals surface area contributed by atoms with Crippen molar-refractivity contribution in [1.82, 2.24) is 9.61 Å². The van der Waals surface area contributed by atoms with E-state index in [2.05, 4.69) is 5.10 Å². The molecular weight excluding hydrogens is 236 g/mol.